The minimum atomic E-state index is 0. The summed E-state index contributed by atoms with van der Waals surface area (Å²) in [5, 5.41) is 0. The molecule has 0 aliphatic heterocycles. The van der Waals surface area contributed by atoms with E-state index in [1.165, 1.54) is 0 Å². The van der Waals surface area contributed by atoms with E-state index in [4.69, 9.17) is 20.1 Å². The van der Waals surface area contributed by atoms with Gasteiger partial charge < -0.3 is 27.0 Å². The molecule has 1 rings (SSSR count). The van der Waals surface area contributed by atoms with Crippen molar-refractivity contribution < 1.29 is 30.7 Å². The number of hydrogen-bond acceptors (Lipinski definition) is 3. The number of rotatable bonds is 0. The molecule has 0 amide bonds. The Labute approximate surface area is 99.5 Å². The van der Waals surface area contributed by atoms with Crippen molar-refractivity contribution in [3.05, 3.63) is 41.7 Å². The van der Waals surface area contributed by atoms with E-state index >= 15 is 0 Å². The topological polar surface area (TPSA) is 73.5 Å². The summed E-state index contributed by atoms with van der Waals surface area (Å²) >= 11 is 0. The third-order valence-corrected chi connectivity index (χ3v) is 0.586. The quantitative estimate of drug-likeness (QED) is 0.615. The van der Waals surface area contributed by atoms with Crippen molar-refractivity contribution in [2.75, 3.05) is 0 Å². The fourth-order valence-electron chi connectivity index (χ4n) is 0.340. The van der Waals surface area contributed by atoms with Gasteiger partial charge in [0, 0.05) is 21.1 Å². The van der Waals surface area contributed by atoms with Gasteiger partial charge in [0.05, 0.1) is 0 Å². The summed E-state index contributed by atoms with van der Waals surface area (Å²) in [4.78, 5) is 23.2. The van der Waals surface area contributed by atoms with Crippen molar-refractivity contribution in [3.8, 4) is 0 Å². The van der Waals surface area contributed by atoms with E-state index < -0.39 is 0 Å². The average Bonchev–Trinajstić information content (AvgIpc) is 2.87. The zero-order valence-electron chi connectivity index (χ0n) is 8.14. The van der Waals surface area contributed by atoms with Gasteiger partial charge in [0.25, 0.3) is 0 Å². The molecule has 82 valence electrons. The van der Waals surface area contributed by atoms with Crippen molar-refractivity contribution in [1.82, 2.24) is 0 Å². The predicted octanol–water partition coefficient (Wildman–Crippen LogP) is 2.10. The molecule has 0 saturated heterocycles. The molecule has 0 N–H and O–H groups in total. The molecule has 0 aromatic carbocycles. The maximum Gasteiger partial charge on any atom is 0.106 e. The van der Waals surface area contributed by atoms with Crippen molar-refractivity contribution in [1.29, 1.82) is 0 Å². The first-order valence-corrected chi connectivity index (χ1v) is 3.18. The molecule has 14 heavy (non-hydrogen) atoms. The Bertz CT molecular complexity index is 104. The van der Waals surface area contributed by atoms with Gasteiger partial charge >= 0.3 is 0 Å². The van der Waals surface area contributed by atoms with Gasteiger partial charge in [0.1, 0.15) is 13.6 Å². The van der Waals surface area contributed by atoms with Crippen molar-refractivity contribution >= 4 is 13.6 Å². The van der Waals surface area contributed by atoms with E-state index in [-0.39, 0.29) is 21.1 Å². The van der Waals surface area contributed by atoms with Crippen LogP contribution in [-0.2, 0) is 30.7 Å². The number of hydrogen-bond donors (Lipinski definition) is 0. The van der Waals surface area contributed by atoms with Gasteiger partial charge in [-0.2, -0.15) is 13.0 Å². The molecule has 0 heterocycles. The minimum Gasteiger partial charge on any atom is -0.577 e. The molecular formula is C9H14NO3W-3. The van der Waals surface area contributed by atoms with Gasteiger partial charge in [-0.3, -0.25) is 6.08 Å². The molecule has 5 heteroatoms. The Morgan fingerprint density at radius 3 is 1.64 bits per heavy atom. The molecule has 0 aromatic rings. The first-order valence-electron chi connectivity index (χ1n) is 3.18. The largest absolute Gasteiger partial charge is 0.577 e. The van der Waals surface area contributed by atoms with Crippen molar-refractivity contribution in [2.24, 2.45) is 0 Å². The molecule has 0 bridgehead atoms. The van der Waals surface area contributed by atoms with E-state index in [1.807, 2.05) is 25.7 Å². The summed E-state index contributed by atoms with van der Waals surface area (Å²) < 4.78 is 0. The second kappa shape index (κ2) is 88.5. The third kappa shape index (κ3) is 67.2. The Balaban J connectivity index is -0.0000000267. The molecule has 1 aliphatic rings. The maximum absolute atomic E-state index is 8.00. The van der Waals surface area contributed by atoms with Gasteiger partial charge in [-0.1, -0.05) is 0 Å². The summed E-state index contributed by atoms with van der Waals surface area (Å²) in [7, 11) is 0. The second-order valence-electron chi connectivity index (χ2n) is 1.00. The van der Waals surface area contributed by atoms with Crippen LogP contribution in [0.5, 0.6) is 0 Å². The second-order valence-corrected chi connectivity index (χ2v) is 1.00. The zero-order chi connectivity index (χ0) is 11.5. The molecule has 0 spiro atoms. The third-order valence-electron chi connectivity index (χ3n) is 0.586. The van der Waals surface area contributed by atoms with Crippen LogP contribution in [0.3, 0.4) is 0 Å². The number of nitrogens with zero attached hydrogens (tertiary/aromatic N) is 1. The number of carbonyl (C=O) groups is 2. The van der Waals surface area contributed by atoms with Crippen LogP contribution in [0.15, 0.2) is 18.2 Å². The van der Waals surface area contributed by atoms with E-state index in [2.05, 4.69) is 19.1 Å². The predicted molar refractivity (Wildman–Crippen MR) is 53.6 cm³/mol. The number of carbonyl (C=O) groups excluding carboxylic acids is 2. The van der Waals surface area contributed by atoms with Crippen LogP contribution in [0.1, 0.15) is 13.3 Å². The Morgan fingerprint density at radius 2 is 1.57 bits per heavy atom. The van der Waals surface area contributed by atoms with Crippen molar-refractivity contribution in [3.63, 3.8) is 0 Å². The van der Waals surface area contributed by atoms with Gasteiger partial charge in [-0.05, 0) is 0 Å². The van der Waals surface area contributed by atoms with Crippen LogP contribution in [-0.4, -0.2) is 13.6 Å². The SMILES string of the molecule is C=O.C=O.[C-]1=CC=CC1.[CH2-]C.[N-]=O.[W]. The average molecular weight is 368 g/mol. The maximum atomic E-state index is 8.00. The molecule has 0 saturated carbocycles. The fraction of sp³-hybridized carbons (Fsp3) is 0.222. The molecule has 0 radical (unpaired) electrons. The Kier molecular flexibility index (Phi) is 185. The standard InChI is InChI=1S/C5H5.C2H5.2CH2O.NO.W/c1-2-4-5-3-1;4*1-2;/h1-3H,4H2;1H2,2H3;2*1H2;;/q2*-1;;;-1;. The molecule has 0 unspecified atom stereocenters. The summed E-state index contributed by atoms with van der Waals surface area (Å²) in [6.45, 7) is 9.00. The molecule has 0 fully saturated rings. The normalized spacial score (nSPS) is 7.57. The molecule has 1 aliphatic carbocycles. The van der Waals surface area contributed by atoms with Crippen LogP contribution in [0.4, 0.5) is 0 Å². The van der Waals surface area contributed by atoms with Crippen LogP contribution in [0.2, 0.25) is 0 Å². The molecule has 4 nitrogen and oxygen atoms in total. The number of nitroso groups, excluding NO2 is 1. The molecule has 0 aromatic heterocycles. The first kappa shape index (κ1) is 29.2. The van der Waals surface area contributed by atoms with E-state index in [0.29, 0.717) is 0 Å². The molecule has 0 atom stereocenters. The van der Waals surface area contributed by atoms with Gasteiger partial charge in [-0.25, -0.2) is 12.2 Å². The number of allylic oxidation sites excluding steroid dienone is 4. The van der Waals surface area contributed by atoms with E-state index in [1.54, 1.807) is 6.92 Å². The van der Waals surface area contributed by atoms with Crippen molar-refractivity contribution in [2.45, 2.75) is 13.3 Å². The van der Waals surface area contributed by atoms with Gasteiger partial charge in [0.15, 0.2) is 0 Å². The Morgan fingerprint density at radius 1 is 1.21 bits per heavy atom. The summed E-state index contributed by atoms with van der Waals surface area (Å²) in [5.41, 5.74) is 5.75. The zero-order valence-corrected chi connectivity index (χ0v) is 11.1. The summed E-state index contributed by atoms with van der Waals surface area (Å²) in [6.07, 6.45) is 10.0. The van der Waals surface area contributed by atoms with E-state index in [9.17, 15) is 0 Å². The van der Waals surface area contributed by atoms with Crippen LogP contribution in [0.25, 0.3) is 5.59 Å². The molecular weight excluding hydrogens is 354 g/mol. The Hall–Kier alpha value is -0.892. The van der Waals surface area contributed by atoms with Crippen LogP contribution < -0.4 is 0 Å². The summed E-state index contributed by atoms with van der Waals surface area (Å²) in [5.74, 6) is 0. The smallest absolute Gasteiger partial charge is 0.106 e. The van der Waals surface area contributed by atoms with E-state index in [0.717, 1.165) is 6.42 Å². The van der Waals surface area contributed by atoms with Gasteiger partial charge in [0.2, 0.25) is 0 Å². The first-order chi connectivity index (χ1) is 6.50. The summed E-state index contributed by atoms with van der Waals surface area (Å²) in [6, 6.07) is 0. The van der Waals surface area contributed by atoms with Crippen LogP contribution >= 0.6 is 0 Å². The monoisotopic (exact) mass is 368 g/mol. The van der Waals surface area contributed by atoms with Gasteiger partial charge in [-0.15, -0.1) is 6.42 Å². The minimum absolute atomic E-state index is 0. The van der Waals surface area contributed by atoms with Crippen LogP contribution in [0, 0.1) is 17.9 Å². The fourth-order valence-corrected chi connectivity index (χ4v) is 0.340.